The number of unbranched alkanes of at least 4 members (excludes halogenated alkanes) is 4. The molecular weight excluding hydrogens is 394 g/mol. The molecule has 7 nitrogen and oxygen atoms in total. The molecule has 7 heteroatoms. The van der Waals surface area contributed by atoms with Crippen LogP contribution in [0.15, 0.2) is 59.7 Å². The highest BCUT2D eigenvalue weighted by Gasteiger charge is 2.16. The number of benzene rings is 2. The predicted molar refractivity (Wildman–Crippen MR) is 118 cm³/mol. The summed E-state index contributed by atoms with van der Waals surface area (Å²) in [6, 6.07) is 16.1. The molecule has 2 aromatic carbocycles. The van der Waals surface area contributed by atoms with Gasteiger partial charge in [-0.1, -0.05) is 66.8 Å². The first kappa shape index (κ1) is 22.8. The first-order valence-corrected chi connectivity index (χ1v) is 10.9. The van der Waals surface area contributed by atoms with E-state index < -0.39 is 6.04 Å². The van der Waals surface area contributed by atoms with Crippen molar-refractivity contribution in [2.75, 3.05) is 19.8 Å². The zero-order valence-electron chi connectivity index (χ0n) is 17.7. The van der Waals surface area contributed by atoms with Gasteiger partial charge in [0.15, 0.2) is 6.29 Å². The van der Waals surface area contributed by atoms with E-state index in [9.17, 15) is 4.79 Å². The number of azide groups is 1. The van der Waals surface area contributed by atoms with Crippen molar-refractivity contribution in [1.82, 2.24) is 0 Å². The molecule has 1 atom stereocenters. The number of carbonyl (C=O) groups excluding carboxylic acids is 1. The van der Waals surface area contributed by atoms with Crippen LogP contribution in [0.3, 0.4) is 0 Å². The molecule has 164 valence electrons. The second-order valence-electron chi connectivity index (χ2n) is 7.51. The van der Waals surface area contributed by atoms with Gasteiger partial charge in [-0.3, -0.25) is 0 Å². The third kappa shape index (κ3) is 7.40. The standard InChI is InChI=1S/C24H29N3O4/c25-27-26-23(19-10-5-4-6-11-19)20-12-9-13-21(18-20)24(28)31-15-8-3-1-2-7-14-22-29-16-17-30-22/h4-6,9-13,18,22-23H,1-3,7-8,14-17H2. The van der Waals surface area contributed by atoms with Gasteiger partial charge in [0.05, 0.1) is 31.4 Å². The Hall–Kier alpha value is -2.86. The van der Waals surface area contributed by atoms with E-state index in [2.05, 4.69) is 10.0 Å². The zero-order valence-corrected chi connectivity index (χ0v) is 17.7. The van der Waals surface area contributed by atoms with Crippen molar-refractivity contribution in [2.24, 2.45) is 5.11 Å². The first-order valence-electron chi connectivity index (χ1n) is 10.9. The Balaban J connectivity index is 1.41. The monoisotopic (exact) mass is 423 g/mol. The molecule has 3 rings (SSSR count). The lowest BCUT2D eigenvalue weighted by Gasteiger charge is -2.13. The average molecular weight is 424 g/mol. The van der Waals surface area contributed by atoms with Gasteiger partial charge in [0.1, 0.15) is 0 Å². The Bertz CT molecular complexity index is 862. The summed E-state index contributed by atoms with van der Waals surface area (Å²) in [6.45, 7) is 1.81. The lowest BCUT2D eigenvalue weighted by Crippen LogP contribution is -2.08. The summed E-state index contributed by atoms with van der Waals surface area (Å²) in [4.78, 5) is 15.4. The van der Waals surface area contributed by atoms with Crippen molar-refractivity contribution in [2.45, 2.75) is 50.9 Å². The number of rotatable bonds is 12. The summed E-state index contributed by atoms with van der Waals surface area (Å²) in [6.07, 6.45) is 6.11. The second-order valence-corrected chi connectivity index (χ2v) is 7.51. The van der Waals surface area contributed by atoms with E-state index >= 15 is 0 Å². The molecule has 1 saturated heterocycles. The fourth-order valence-corrected chi connectivity index (χ4v) is 3.61. The molecule has 31 heavy (non-hydrogen) atoms. The topological polar surface area (TPSA) is 93.5 Å². The minimum absolute atomic E-state index is 0.0166. The maximum Gasteiger partial charge on any atom is 0.338 e. The number of esters is 1. The highest BCUT2D eigenvalue weighted by Crippen LogP contribution is 2.27. The van der Waals surface area contributed by atoms with Gasteiger partial charge in [-0.15, -0.1) is 0 Å². The van der Waals surface area contributed by atoms with Crippen molar-refractivity contribution in [3.8, 4) is 0 Å². The summed E-state index contributed by atoms with van der Waals surface area (Å²) in [7, 11) is 0. The Labute approximate surface area is 182 Å². The highest BCUT2D eigenvalue weighted by molar-refractivity contribution is 5.89. The molecule has 0 spiro atoms. The molecule has 0 aromatic heterocycles. The van der Waals surface area contributed by atoms with Crippen molar-refractivity contribution in [1.29, 1.82) is 0 Å². The lowest BCUT2D eigenvalue weighted by atomic mass is 9.98. The smallest absolute Gasteiger partial charge is 0.338 e. The maximum atomic E-state index is 12.4. The fourth-order valence-electron chi connectivity index (χ4n) is 3.61. The molecule has 2 aromatic rings. The van der Waals surface area contributed by atoms with E-state index in [1.807, 2.05) is 36.4 Å². The largest absolute Gasteiger partial charge is 0.462 e. The van der Waals surface area contributed by atoms with Gasteiger partial charge in [-0.25, -0.2) is 4.79 Å². The van der Waals surface area contributed by atoms with Crippen LogP contribution in [0.4, 0.5) is 0 Å². The average Bonchev–Trinajstić information content (AvgIpc) is 3.33. The Morgan fingerprint density at radius 1 is 1.00 bits per heavy atom. The van der Waals surface area contributed by atoms with E-state index in [0.29, 0.717) is 25.4 Å². The van der Waals surface area contributed by atoms with Gasteiger partial charge >= 0.3 is 5.97 Å². The van der Waals surface area contributed by atoms with Crippen LogP contribution in [0.1, 0.15) is 66.1 Å². The van der Waals surface area contributed by atoms with E-state index in [4.69, 9.17) is 19.7 Å². The molecule has 0 bridgehead atoms. The molecule has 1 fully saturated rings. The quantitative estimate of drug-likeness (QED) is 0.138. The van der Waals surface area contributed by atoms with Crippen molar-refractivity contribution in [3.05, 3.63) is 81.7 Å². The molecule has 1 aliphatic heterocycles. The van der Waals surface area contributed by atoms with E-state index in [1.165, 1.54) is 0 Å². The molecule has 0 radical (unpaired) electrons. The molecule has 0 saturated carbocycles. The van der Waals surface area contributed by atoms with Crippen LogP contribution in [0, 0.1) is 0 Å². The van der Waals surface area contributed by atoms with Gasteiger partial charge in [-0.05, 0) is 48.1 Å². The molecule has 0 aliphatic carbocycles. The molecule has 0 N–H and O–H groups in total. The van der Waals surface area contributed by atoms with Crippen LogP contribution in [0.5, 0.6) is 0 Å². The molecule has 1 unspecified atom stereocenters. The normalized spacial score (nSPS) is 14.7. The van der Waals surface area contributed by atoms with Gasteiger partial charge in [0.2, 0.25) is 0 Å². The van der Waals surface area contributed by atoms with Crippen molar-refractivity contribution >= 4 is 5.97 Å². The predicted octanol–water partition coefficient (Wildman–Crippen LogP) is 5.96. The van der Waals surface area contributed by atoms with Crippen LogP contribution >= 0.6 is 0 Å². The maximum absolute atomic E-state index is 12.4. The van der Waals surface area contributed by atoms with Gasteiger partial charge in [0.25, 0.3) is 0 Å². The van der Waals surface area contributed by atoms with Crippen LogP contribution in [-0.2, 0) is 14.2 Å². The van der Waals surface area contributed by atoms with E-state index in [-0.39, 0.29) is 12.3 Å². The number of hydrogen-bond donors (Lipinski definition) is 0. The Morgan fingerprint density at radius 2 is 1.71 bits per heavy atom. The van der Waals surface area contributed by atoms with Gasteiger partial charge in [-0.2, -0.15) is 0 Å². The third-order valence-corrected chi connectivity index (χ3v) is 5.23. The fraction of sp³-hybridized carbons (Fsp3) is 0.458. The van der Waals surface area contributed by atoms with Gasteiger partial charge < -0.3 is 14.2 Å². The van der Waals surface area contributed by atoms with Crippen LogP contribution < -0.4 is 0 Å². The summed E-state index contributed by atoms with van der Waals surface area (Å²) >= 11 is 0. The Kier molecular flexibility index (Phi) is 9.38. The zero-order chi connectivity index (χ0) is 21.7. The summed E-state index contributed by atoms with van der Waals surface area (Å²) < 4.78 is 16.3. The lowest BCUT2D eigenvalue weighted by molar-refractivity contribution is -0.0480. The number of nitrogens with zero attached hydrogens (tertiary/aromatic N) is 3. The minimum atomic E-state index is -0.487. The number of ether oxygens (including phenoxy) is 3. The van der Waals surface area contributed by atoms with Crippen LogP contribution in [-0.4, -0.2) is 32.1 Å². The van der Waals surface area contributed by atoms with Crippen molar-refractivity contribution < 1.29 is 19.0 Å². The third-order valence-electron chi connectivity index (χ3n) is 5.23. The van der Waals surface area contributed by atoms with E-state index in [1.54, 1.807) is 18.2 Å². The molecule has 1 aliphatic rings. The highest BCUT2D eigenvalue weighted by atomic mass is 16.7. The minimum Gasteiger partial charge on any atom is -0.462 e. The molecule has 0 amide bonds. The number of carbonyl (C=O) groups is 1. The summed E-state index contributed by atoms with van der Waals surface area (Å²) in [5.74, 6) is -0.356. The first-order chi connectivity index (χ1) is 15.3. The van der Waals surface area contributed by atoms with E-state index in [0.717, 1.165) is 49.7 Å². The van der Waals surface area contributed by atoms with Crippen LogP contribution in [0.25, 0.3) is 10.4 Å². The number of hydrogen-bond acceptors (Lipinski definition) is 5. The molecule has 1 heterocycles. The second kappa shape index (κ2) is 12.7. The summed E-state index contributed by atoms with van der Waals surface area (Å²) in [5.41, 5.74) is 11.1. The van der Waals surface area contributed by atoms with Crippen LogP contribution in [0.2, 0.25) is 0 Å². The summed E-state index contributed by atoms with van der Waals surface area (Å²) in [5, 5.41) is 3.91. The van der Waals surface area contributed by atoms with Crippen molar-refractivity contribution in [3.63, 3.8) is 0 Å². The Morgan fingerprint density at radius 3 is 2.48 bits per heavy atom. The SMILES string of the molecule is [N-]=[N+]=NC(c1ccccc1)c1cccc(C(=O)OCCCCCCCC2OCCO2)c1. The molecular formula is C24H29N3O4. The van der Waals surface area contributed by atoms with Gasteiger partial charge in [0, 0.05) is 4.91 Å².